The van der Waals surface area contributed by atoms with Gasteiger partial charge in [-0.05, 0) is 37.0 Å². The molecule has 6 unspecified atom stereocenters. The van der Waals surface area contributed by atoms with E-state index in [0.29, 0.717) is 5.92 Å². The molecule has 5 aliphatic rings. The minimum absolute atomic E-state index is 0.0141. The van der Waals surface area contributed by atoms with E-state index in [4.69, 9.17) is 5.11 Å². The lowest BCUT2D eigenvalue weighted by Gasteiger charge is -2.52. The van der Waals surface area contributed by atoms with Gasteiger partial charge in [0.15, 0.2) is 0 Å². The minimum atomic E-state index is -1.14. The molecule has 4 fully saturated rings. The third kappa shape index (κ3) is 2.20. The molecule has 9 heteroatoms. The molecule has 2 amide bonds. The van der Waals surface area contributed by atoms with E-state index in [9.17, 15) is 19.2 Å². The summed E-state index contributed by atoms with van der Waals surface area (Å²) in [5, 5.41) is 10.4. The van der Waals surface area contributed by atoms with Crippen LogP contribution in [0.5, 0.6) is 0 Å². The van der Waals surface area contributed by atoms with Crippen LogP contribution in [0, 0.1) is 29.6 Å². The van der Waals surface area contributed by atoms with Crippen molar-refractivity contribution in [2.75, 3.05) is 6.54 Å². The number of rotatable bonds is 2. The highest BCUT2D eigenvalue weighted by atomic mass is 32.2. The summed E-state index contributed by atoms with van der Waals surface area (Å²) in [7, 11) is 0. The monoisotopic (exact) mass is 434 g/mol. The van der Waals surface area contributed by atoms with Crippen LogP contribution in [-0.2, 0) is 19.8 Å². The lowest BCUT2D eigenvalue weighted by molar-refractivity contribution is -0.150. The van der Waals surface area contributed by atoms with Gasteiger partial charge in [-0.1, -0.05) is 30.6 Å². The molecule has 3 saturated carbocycles. The van der Waals surface area contributed by atoms with E-state index < -0.39 is 12.5 Å². The van der Waals surface area contributed by atoms with E-state index in [1.54, 1.807) is 11.8 Å². The quantitative estimate of drug-likeness (QED) is 0.690. The first kappa shape index (κ1) is 18.2. The number of aromatic amines is 1. The summed E-state index contributed by atoms with van der Waals surface area (Å²) in [6.45, 7) is -0.529. The van der Waals surface area contributed by atoms with Gasteiger partial charge in [0.2, 0.25) is 11.8 Å². The number of hydrogen-bond acceptors (Lipinski definition) is 6. The molecule has 7 nitrogen and oxygen atoms in total. The van der Waals surface area contributed by atoms with Crippen LogP contribution in [-0.4, -0.2) is 44.6 Å². The Balaban J connectivity index is 1.45. The third-order valence-corrected chi connectivity index (χ3v) is 10.9. The molecule has 2 aliphatic heterocycles. The summed E-state index contributed by atoms with van der Waals surface area (Å²) in [5.74, 6) is -1.98. The molecule has 1 aromatic heterocycles. The Bertz CT molecular complexity index is 993. The largest absolute Gasteiger partial charge is 0.480 e. The predicted octanol–water partition coefficient (Wildman–Crippen LogP) is 2.06. The first-order chi connectivity index (χ1) is 13.9. The van der Waals surface area contributed by atoms with Crippen molar-refractivity contribution in [3.8, 4) is 0 Å². The van der Waals surface area contributed by atoms with Crippen molar-refractivity contribution in [1.82, 2.24) is 9.88 Å². The number of H-pyrrole nitrogens is 1. The molecule has 154 valence electrons. The van der Waals surface area contributed by atoms with E-state index in [0.717, 1.165) is 42.0 Å². The van der Waals surface area contributed by atoms with Crippen LogP contribution in [0.1, 0.15) is 43.4 Å². The smallest absolute Gasteiger partial charge is 0.323 e. The molecule has 0 aromatic carbocycles. The summed E-state index contributed by atoms with van der Waals surface area (Å²) in [6, 6.07) is 0. The van der Waals surface area contributed by atoms with Crippen LogP contribution >= 0.6 is 23.1 Å². The highest BCUT2D eigenvalue weighted by molar-refractivity contribution is 8.00. The number of carbonyl (C=O) groups excluding carboxylic acids is 2. The van der Waals surface area contributed by atoms with Crippen LogP contribution in [0.25, 0.3) is 0 Å². The van der Waals surface area contributed by atoms with Crippen molar-refractivity contribution in [3.63, 3.8) is 0 Å². The number of carboxylic acids is 1. The fraction of sp³-hybridized carbons (Fsp3) is 0.700. The zero-order chi connectivity index (χ0) is 20.1. The summed E-state index contributed by atoms with van der Waals surface area (Å²) in [5.41, 5.74) is -0.0682. The zero-order valence-electron chi connectivity index (χ0n) is 15.8. The number of carbonyl (C=O) groups is 3. The van der Waals surface area contributed by atoms with Crippen LogP contribution in [0.2, 0.25) is 0 Å². The van der Waals surface area contributed by atoms with Gasteiger partial charge in [-0.2, -0.15) is 0 Å². The third-order valence-electron chi connectivity index (χ3n) is 8.19. The van der Waals surface area contributed by atoms with Gasteiger partial charge in [0.05, 0.1) is 16.9 Å². The molecule has 1 saturated heterocycles. The van der Waals surface area contributed by atoms with Crippen LogP contribution in [0.3, 0.4) is 0 Å². The Hall–Kier alpha value is -1.61. The van der Waals surface area contributed by atoms with E-state index in [1.807, 2.05) is 0 Å². The first-order valence-corrected chi connectivity index (χ1v) is 12.1. The Morgan fingerprint density at radius 2 is 1.79 bits per heavy atom. The summed E-state index contributed by atoms with van der Waals surface area (Å²) < 4.78 is 0. The number of nitrogens with one attached hydrogen (secondary N) is 1. The number of carboxylic acid groups (broad SMARTS) is 1. The topological polar surface area (TPSA) is 108 Å². The molecule has 6 atom stereocenters. The van der Waals surface area contributed by atoms with Gasteiger partial charge in [0, 0.05) is 15.5 Å². The van der Waals surface area contributed by atoms with Crippen molar-refractivity contribution in [2.24, 2.45) is 29.6 Å². The van der Waals surface area contributed by atoms with Crippen molar-refractivity contribution in [1.29, 1.82) is 0 Å². The van der Waals surface area contributed by atoms with Gasteiger partial charge in [-0.25, -0.2) is 0 Å². The fourth-order valence-electron chi connectivity index (χ4n) is 7.43. The lowest BCUT2D eigenvalue weighted by Crippen LogP contribution is -2.51. The number of likely N-dealkylation sites (tertiary alicyclic amines) is 1. The number of thioether (sulfide) groups is 1. The maximum atomic E-state index is 13.1. The Labute approximate surface area is 175 Å². The number of nitrogens with zero attached hydrogens (tertiary/aromatic N) is 1. The summed E-state index contributed by atoms with van der Waals surface area (Å²) in [4.78, 5) is 54.7. The summed E-state index contributed by atoms with van der Waals surface area (Å²) >= 11 is 3.04. The lowest BCUT2D eigenvalue weighted by atomic mass is 9.57. The van der Waals surface area contributed by atoms with Crippen molar-refractivity contribution in [3.05, 3.63) is 14.5 Å². The molecular formula is C20H22N2O5S2. The van der Waals surface area contributed by atoms with Crippen molar-refractivity contribution >= 4 is 40.9 Å². The van der Waals surface area contributed by atoms with E-state index in [2.05, 4.69) is 4.98 Å². The standard InChI is InChI=1S/C20H22N2O5S2/c23-10(24)7-22-17(25)11-8-6-9(12(11)18(22)26)14-13(8)20(4-2-1-3-5-20)15-16(28-14)21-19(27)29-15/h8-9,11-14H,1-7H2,(H,21,27)(H,23,24). The van der Waals surface area contributed by atoms with Gasteiger partial charge in [0.25, 0.3) is 0 Å². The first-order valence-electron chi connectivity index (χ1n) is 10.4. The molecule has 6 rings (SSSR count). The molecule has 1 spiro atoms. The van der Waals surface area contributed by atoms with Gasteiger partial charge in [-0.15, -0.1) is 11.8 Å². The second-order valence-corrected chi connectivity index (χ2v) is 11.4. The summed E-state index contributed by atoms with van der Waals surface area (Å²) in [6.07, 6.45) is 6.40. The Morgan fingerprint density at radius 3 is 2.48 bits per heavy atom. The highest BCUT2D eigenvalue weighted by Gasteiger charge is 2.72. The second kappa shape index (κ2) is 5.97. The van der Waals surface area contributed by atoms with Crippen molar-refractivity contribution in [2.45, 2.75) is 54.2 Å². The number of thiazole rings is 1. The predicted molar refractivity (Wildman–Crippen MR) is 106 cm³/mol. The zero-order valence-corrected chi connectivity index (χ0v) is 17.4. The van der Waals surface area contributed by atoms with Gasteiger partial charge in [-0.3, -0.25) is 24.1 Å². The molecule has 3 aliphatic carbocycles. The average molecular weight is 435 g/mol. The van der Waals surface area contributed by atoms with Crippen LogP contribution in [0.4, 0.5) is 0 Å². The Morgan fingerprint density at radius 1 is 1.10 bits per heavy atom. The SMILES string of the molecule is O=C(O)CN1C(=O)C2C3CC(C2C1=O)C1C3Sc2[nH]c(=O)sc2C12CCCCC2. The van der Waals surface area contributed by atoms with Crippen LogP contribution < -0.4 is 4.87 Å². The molecule has 2 N–H and O–H groups in total. The van der Waals surface area contributed by atoms with E-state index in [1.165, 1.54) is 22.6 Å². The molecule has 2 bridgehead atoms. The van der Waals surface area contributed by atoms with E-state index >= 15 is 0 Å². The average Bonchev–Trinajstić information content (AvgIpc) is 3.41. The molecule has 1 aromatic rings. The van der Waals surface area contributed by atoms with Crippen molar-refractivity contribution < 1.29 is 19.5 Å². The van der Waals surface area contributed by atoms with E-state index in [-0.39, 0.29) is 51.0 Å². The maximum Gasteiger partial charge on any atom is 0.323 e. The van der Waals surface area contributed by atoms with Gasteiger partial charge in [0.1, 0.15) is 6.54 Å². The number of aliphatic carboxylic acids is 1. The highest BCUT2D eigenvalue weighted by Crippen LogP contribution is 2.71. The number of aromatic nitrogens is 1. The Kier molecular flexibility index (Phi) is 3.74. The van der Waals surface area contributed by atoms with Gasteiger partial charge < -0.3 is 10.1 Å². The maximum absolute atomic E-state index is 13.1. The second-order valence-electron chi connectivity index (χ2n) is 9.27. The normalized spacial score (nSPS) is 39.0. The molecule has 0 radical (unpaired) electrons. The van der Waals surface area contributed by atoms with Gasteiger partial charge >= 0.3 is 10.8 Å². The fourth-order valence-corrected chi connectivity index (χ4v) is 10.6. The minimum Gasteiger partial charge on any atom is -0.480 e. The van der Waals surface area contributed by atoms with Crippen LogP contribution in [0.15, 0.2) is 9.82 Å². The number of amides is 2. The number of hydrogen-bond donors (Lipinski definition) is 2. The number of fused-ring (bicyclic) bond motifs is 11. The molecule has 3 heterocycles. The molecule has 29 heavy (non-hydrogen) atoms. The molecular weight excluding hydrogens is 412 g/mol. The number of imide groups is 1.